The van der Waals surface area contributed by atoms with Gasteiger partial charge in [0.05, 0.1) is 5.69 Å². The summed E-state index contributed by atoms with van der Waals surface area (Å²) >= 11 is 0. The number of aryl methyl sites for hydroxylation is 1. The van der Waals surface area contributed by atoms with Crippen molar-refractivity contribution in [1.82, 2.24) is 0 Å². The van der Waals surface area contributed by atoms with Crippen molar-refractivity contribution in [3.05, 3.63) is 94.6 Å². The average molecular weight is 366 g/mol. The molecule has 0 spiro atoms. The summed E-state index contributed by atoms with van der Waals surface area (Å²) in [5, 5.41) is 3.11. The first kappa shape index (κ1) is 18.6. The molecule has 3 rings (SSSR count). The zero-order valence-electron chi connectivity index (χ0n) is 14.9. The highest BCUT2D eigenvalue weighted by molar-refractivity contribution is 5.97. The molecule has 0 amide bonds. The van der Waals surface area contributed by atoms with Crippen molar-refractivity contribution in [3.8, 4) is 0 Å². The fraction of sp³-hybridized carbons (Fsp3) is 0.136. The molecule has 0 aliphatic carbocycles. The lowest BCUT2D eigenvalue weighted by Crippen LogP contribution is -2.05. The molecular formula is C22H20F2N2O. The lowest BCUT2D eigenvalue weighted by atomic mass is 10.0. The van der Waals surface area contributed by atoms with Crippen molar-refractivity contribution >= 4 is 17.2 Å². The topological polar surface area (TPSA) is 55.1 Å². The van der Waals surface area contributed by atoms with E-state index in [0.29, 0.717) is 28.9 Å². The lowest BCUT2D eigenvalue weighted by Gasteiger charge is -2.08. The summed E-state index contributed by atoms with van der Waals surface area (Å²) in [5.74, 6) is -0.840. The molecule has 0 aromatic heterocycles. The van der Waals surface area contributed by atoms with Gasteiger partial charge in [-0.05, 0) is 47.9 Å². The molecule has 0 fully saturated rings. The van der Waals surface area contributed by atoms with E-state index in [1.165, 1.54) is 18.2 Å². The van der Waals surface area contributed by atoms with E-state index in [1.807, 2.05) is 12.1 Å². The van der Waals surface area contributed by atoms with Gasteiger partial charge in [-0.25, -0.2) is 8.78 Å². The molecule has 3 aromatic carbocycles. The zero-order valence-corrected chi connectivity index (χ0v) is 14.9. The molecule has 0 radical (unpaired) electrons. The molecule has 0 saturated carbocycles. The van der Waals surface area contributed by atoms with Gasteiger partial charge in [0.25, 0.3) is 0 Å². The predicted octanol–water partition coefficient (Wildman–Crippen LogP) is 4.89. The highest BCUT2D eigenvalue weighted by Crippen LogP contribution is 2.17. The highest BCUT2D eigenvalue weighted by Gasteiger charge is 2.09. The third-order valence-electron chi connectivity index (χ3n) is 4.37. The van der Waals surface area contributed by atoms with Crippen LogP contribution in [0, 0.1) is 18.6 Å². The zero-order chi connectivity index (χ0) is 19.4. The van der Waals surface area contributed by atoms with Gasteiger partial charge in [0, 0.05) is 24.2 Å². The summed E-state index contributed by atoms with van der Waals surface area (Å²) < 4.78 is 27.1. The molecule has 27 heavy (non-hydrogen) atoms. The molecule has 3 aromatic rings. The highest BCUT2D eigenvalue weighted by atomic mass is 19.1. The van der Waals surface area contributed by atoms with Crippen LogP contribution in [0.25, 0.3) is 0 Å². The summed E-state index contributed by atoms with van der Waals surface area (Å²) in [5.41, 5.74) is 8.92. The van der Waals surface area contributed by atoms with Crippen LogP contribution in [0.4, 0.5) is 20.2 Å². The van der Waals surface area contributed by atoms with Crippen LogP contribution in [0.15, 0.2) is 60.7 Å². The van der Waals surface area contributed by atoms with E-state index in [0.717, 1.165) is 5.56 Å². The van der Waals surface area contributed by atoms with Crippen molar-refractivity contribution < 1.29 is 13.6 Å². The second-order valence-electron chi connectivity index (χ2n) is 6.47. The third-order valence-corrected chi connectivity index (χ3v) is 4.37. The number of halogens is 2. The fourth-order valence-electron chi connectivity index (χ4n) is 2.68. The first-order valence-corrected chi connectivity index (χ1v) is 8.58. The molecule has 0 heterocycles. The number of rotatable bonds is 6. The maximum atomic E-state index is 13.6. The SMILES string of the molecule is Cc1ccc(CC(=O)c2ccc(CNc3ccc(N)c(F)c3)cc2)cc1F. The fourth-order valence-corrected chi connectivity index (χ4v) is 2.68. The van der Waals surface area contributed by atoms with Gasteiger partial charge in [-0.15, -0.1) is 0 Å². The van der Waals surface area contributed by atoms with Gasteiger partial charge in [0.15, 0.2) is 5.78 Å². The average Bonchev–Trinajstić information content (AvgIpc) is 2.66. The van der Waals surface area contributed by atoms with E-state index < -0.39 is 5.82 Å². The number of hydrogen-bond donors (Lipinski definition) is 2. The van der Waals surface area contributed by atoms with Gasteiger partial charge in [0.1, 0.15) is 11.6 Å². The molecule has 5 heteroatoms. The normalized spacial score (nSPS) is 10.6. The van der Waals surface area contributed by atoms with Crippen LogP contribution in [-0.2, 0) is 13.0 Å². The van der Waals surface area contributed by atoms with Crippen molar-refractivity contribution in [2.45, 2.75) is 19.9 Å². The Kier molecular flexibility index (Phi) is 5.50. The van der Waals surface area contributed by atoms with Gasteiger partial charge in [-0.2, -0.15) is 0 Å². The van der Waals surface area contributed by atoms with Gasteiger partial charge in [0.2, 0.25) is 0 Å². The maximum absolute atomic E-state index is 13.6. The van der Waals surface area contributed by atoms with Crippen LogP contribution in [0.5, 0.6) is 0 Å². The summed E-state index contributed by atoms with van der Waals surface area (Å²) in [7, 11) is 0. The second-order valence-corrected chi connectivity index (χ2v) is 6.47. The smallest absolute Gasteiger partial charge is 0.167 e. The minimum Gasteiger partial charge on any atom is -0.396 e. The summed E-state index contributed by atoms with van der Waals surface area (Å²) in [4.78, 5) is 12.4. The first-order valence-electron chi connectivity index (χ1n) is 8.58. The van der Waals surface area contributed by atoms with Crippen LogP contribution >= 0.6 is 0 Å². The number of hydrogen-bond acceptors (Lipinski definition) is 3. The minimum atomic E-state index is -0.464. The van der Waals surface area contributed by atoms with E-state index in [-0.39, 0.29) is 23.7 Å². The molecule has 3 N–H and O–H groups in total. The standard InChI is InChI=1S/C22H20F2N2O/c1-14-2-3-16(10-19(14)23)11-22(27)17-6-4-15(5-7-17)13-26-18-8-9-21(25)20(24)12-18/h2-10,12,26H,11,13,25H2,1H3. The van der Waals surface area contributed by atoms with Crippen LogP contribution < -0.4 is 11.1 Å². The molecule has 0 aliphatic rings. The molecule has 138 valence electrons. The Hall–Kier alpha value is -3.21. The maximum Gasteiger partial charge on any atom is 0.167 e. The van der Waals surface area contributed by atoms with Gasteiger partial charge in [-0.3, -0.25) is 4.79 Å². The lowest BCUT2D eigenvalue weighted by molar-refractivity contribution is 0.0993. The molecule has 0 aliphatic heterocycles. The van der Waals surface area contributed by atoms with E-state index >= 15 is 0 Å². The van der Waals surface area contributed by atoms with Crippen LogP contribution in [0.3, 0.4) is 0 Å². The van der Waals surface area contributed by atoms with E-state index in [4.69, 9.17) is 5.73 Å². The van der Waals surface area contributed by atoms with Crippen molar-refractivity contribution in [2.24, 2.45) is 0 Å². The molecule has 3 nitrogen and oxygen atoms in total. The number of nitrogen functional groups attached to an aromatic ring is 1. The monoisotopic (exact) mass is 366 g/mol. The molecule has 0 unspecified atom stereocenters. The minimum absolute atomic E-state index is 0.0710. The van der Waals surface area contributed by atoms with Crippen molar-refractivity contribution in [2.75, 3.05) is 11.1 Å². The van der Waals surface area contributed by atoms with Crippen LogP contribution in [0.2, 0.25) is 0 Å². The van der Waals surface area contributed by atoms with Gasteiger partial charge < -0.3 is 11.1 Å². The number of Topliss-reactive ketones (excluding diaryl/α,β-unsaturated/α-hetero) is 1. The van der Waals surface area contributed by atoms with E-state index in [9.17, 15) is 13.6 Å². The number of nitrogens with one attached hydrogen (secondary N) is 1. The second kappa shape index (κ2) is 7.99. The number of carbonyl (C=O) groups is 1. The summed E-state index contributed by atoms with van der Waals surface area (Å²) in [6, 6.07) is 16.6. The van der Waals surface area contributed by atoms with Crippen LogP contribution in [-0.4, -0.2) is 5.78 Å². The van der Waals surface area contributed by atoms with Gasteiger partial charge in [-0.1, -0.05) is 36.4 Å². The van der Waals surface area contributed by atoms with Crippen molar-refractivity contribution in [1.29, 1.82) is 0 Å². The Morgan fingerprint density at radius 2 is 1.63 bits per heavy atom. The number of carbonyl (C=O) groups excluding carboxylic acids is 1. The molecule has 0 saturated heterocycles. The third kappa shape index (κ3) is 4.70. The summed E-state index contributed by atoms with van der Waals surface area (Å²) in [6.07, 6.45) is 0.152. The summed E-state index contributed by atoms with van der Waals surface area (Å²) in [6.45, 7) is 2.17. The number of anilines is 2. The number of ketones is 1. The first-order chi connectivity index (χ1) is 12.9. The van der Waals surface area contributed by atoms with Crippen LogP contribution in [0.1, 0.15) is 27.0 Å². The molecule has 0 atom stereocenters. The van der Waals surface area contributed by atoms with E-state index in [1.54, 1.807) is 37.3 Å². The Morgan fingerprint density at radius 1 is 0.926 bits per heavy atom. The Morgan fingerprint density at radius 3 is 2.30 bits per heavy atom. The predicted molar refractivity (Wildman–Crippen MR) is 104 cm³/mol. The van der Waals surface area contributed by atoms with Gasteiger partial charge >= 0.3 is 0 Å². The number of benzene rings is 3. The Balaban J connectivity index is 1.61. The van der Waals surface area contributed by atoms with Crippen molar-refractivity contribution in [3.63, 3.8) is 0 Å². The Labute approximate surface area is 156 Å². The largest absolute Gasteiger partial charge is 0.396 e. The quantitative estimate of drug-likeness (QED) is 0.482. The molecule has 0 bridgehead atoms. The molecular weight excluding hydrogens is 346 g/mol. The number of nitrogens with two attached hydrogens (primary N) is 1. The van der Waals surface area contributed by atoms with E-state index in [2.05, 4.69) is 5.32 Å². The Bertz CT molecular complexity index is 969.